The Bertz CT molecular complexity index is 551. The van der Waals surface area contributed by atoms with Gasteiger partial charge in [0.25, 0.3) is 5.69 Å². The fourth-order valence-corrected chi connectivity index (χ4v) is 1.69. The van der Waals surface area contributed by atoms with E-state index in [-0.39, 0.29) is 17.2 Å². The number of anilines is 1. The Hall–Kier alpha value is -2.62. The molecule has 7 heteroatoms. The maximum Gasteiger partial charge on any atom is 0.305 e. The average Bonchev–Trinajstić information content (AvgIpc) is 2.45. The molecule has 0 aromatic heterocycles. The summed E-state index contributed by atoms with van der Waals surface area (Å²) >= 11 is 0. The number of carbonyl (C=O) groups is 1. The van der Waals surface area contributed by atoms with Gasteiger partial charge in [-0.15, -0.1) is 0 Å². The fraction of sp³-hybridized carbons (Fsp3) is 0.385. The predicted octanol–water partition coefficient (Wildman–Crippen LogP) is 1.86. The summed E-state index contributed by atoms with van der Waals surface area (Å²) in [6.45, 7) is 0.554. The summed E-state index contributed by atoms with van der Waals surface area (Å²) in [7, 11) is 3.10. The highest BCUT2D eigenvalue weighted by atomic mass is 16.6. The Balaban J connectivity index is 2.76. The van der Waals surface area contributed by atoms with Crippen LogP contribution in [0.15, 0.2) is 18.2 Å². The third-order valence-electron chi connectivity index (χ3n) is 2.84. The zero-order valence-electron chi connectivity index (χ0n) is 11.3. The number of hydrogen-bond acceptors (Lipinski definition) is 6. The van der Waals surface area contributed by atoms with Crippen molar-refractivity contribution in [1.29, 1.82) is 5.26 Å². The summed E-state index contributed by atoms with van der Waals surface area (Å²) in [5.41, 5.74) is 0.437. The Kier molecular flexibility index (Phi) is 5.47. The Labute approximate surface area is 116 Å². The maximum atomic E-state index is 11.0. The highest BCUT2D eigenvalue weighted by Crippen LogP contribution is 2.24. The number of nitrogens with zero attached hydrogens (tertiary/aromatic N) is 3. The molecule has 0 aliphatic rings. The lowest BCUT2D eigenvalue weighted by Gasteiger charge is -2.18. The van der Waals surface area contributed by atoms with E-state index in [2.05, 4.69) is 4.74 Å². The number of methoxy groups -OCH3 is 1. The molecule has 0 spiro atoms. The van der Waals surface area contributed by atoms with Gasteiger partial charge in [0.15, 0.2) is 0 Å². The predicted molar refractivity (Wildman–Crippen MR) is 72.3 cm³/mol. The van der Waals surface area contributed by atoms with Crippen molar-refractivity contribution in [2.75, 3.05) is 25.6 Å². The number of nitro groups is 1. The van der Waals surface area contributed by atoms with Crippen molar-refractivity contribution in [3.8, 4) is 6.07 Å². The fourth-order valence-electron chi connectivity index (χ4n) is 1.69. The second-order valence-corrected chi connectivity index (χ2v) is 4.17. The number of esters is 1. The van der Waals surface area contributed by atoms with E-state index >= 15 is 0 Å². The minimum Gasteiger partial charge on any atom is -0.469 e. The molecule has 1 aromatic carbocycles. The molecular weight excluding hydrogens is 262 g/mol. The lowest BCUT2D eigenvalue weighted by atomic mass is 10.1. The van der Waals surface area contributed by atoms with Gasteiger partial charge in [-0.1, -0.05) is 0 Å². The van der Waals surface area contributed by atoms with Gasteiger partial charge in [-0.3, -0.25) is 14.9 Å². The van der Waals surface area contributed by atoms with Gasteiger partial charge >= 0.3 is 5.97 Å². The van der Waals surface area contributed by atoms with E-state index in [1.165, 1.54) is 19.2 Å². The lowest BCUT2D eigenvalue weighted by molar-refractivity contribution is -0.385. The standard InChI is InChI=1S/C13H15N3O4/c1-15(7-3-4-13(17)20-2)11-6-5-10(9-14)12(8-11)16(18)19/h5-6,8H,3-4,7H2,1-2H3. The molecule has 0 radical (unpaired) electrons. The summed E-state index contributed by atoms with van der Waals surface area (Å²) in [5, 5.41) is 19.7. The van der Waals surface area contributed by atoms with E-state index < -0.39 is 4.92 Å². The van der Waals surface area contributed by atoms with Crippen LogP contribution in [-0.2, 0) is 9.53 Å². The first kappa shape index (κ1) is 15.4. The molecule has 106 valence electrons. The molecule has 0 fully saturated rings. The quantitative estimate of drug-likeness (QED) is 0.447. The minimum absolute atomic E-state index is 0.0294. The second kappa shape index (κ2) is 7.09. The van der Waals surface area contributed by atoms with Crippen LogP contribution in [0.5, 0.6) is 0 Å². The molecule has 0 unspecified atom stereocenters. The van der Waals surface area contributed by atoms with E-state index in [0.29, 0.717) is 25.1 Å². The highest BCUT2D eigenvalue weighted by molar-refractivity contribution is 5.69. The molecule has 1 aromatic rings. The molecule has 0 atom stereocenters. The topological polar surface area (TPSA) is 96.5 Å². The molecular formula is C13H15N3O4. The van der Waals surface area contributed by atoms with Crippen LogP contribution < -0.4 is 4.90 Å². The number of nitro benzene ring substituents is 1. The molecule has 0 amide bonds. The van der Waals surface area contributed by atoms with Crippen molar-refractivity contribution in [2.24, 2.45) is 0 Å². The first-order valence-electron chi connectivity index (χ1n) is 5.96. The minimum atomic E-state index is -0.579. The number of benzene rings is 1. The molecule has 0 bridgehead atoms. The van der Waals surface area contributed by atoms with E-state index in [4.69, 9.17) is 5.26 Å². The maximum absolute atomic E-state index is 11.0. The van der Waals surface area contributed by atoms with Crippen LogP contribution in [0.4, 0.5) is 11.4 Å². The van der Waals surface area contributed by atoms with E-state index in [1.54, 1.807) is 24.1 Å². The Morgan fingerprint density at radius 2 is 2.25 bits per heavy atom. The van der Waals surface area contributed by atoms with Gasteiger partial charge in [0.05, 0.1) is 12.0 Å². The van der Waals surface area contributed by atoms with Gasteiger partial charge in [0.2, 0.25) is 0 Å². The SMILES string of the molecule is COC(=O)CCCN(C)c1ccc(C#N)c([N+](=O)[O-])c1. The van der Waals surface area contributed by atoms with Crippen LogP contribution in [0, 0.1) is 21.4 Å². The molecule has 0 heterocycles. The molecule has 20 heavy (non-hydrogen) atoms. The van der Waals surface area contributed by atoms with Crippen molar-refractivity contribution < 1.29 is 14.5 Å². The van der Waals surface area contributed by atoms with E-state index in [1.807, 2.05) is 0 Å². The number of nitriles is 1. The molecule has 7 nitrogen and oxygen atoms in total. The largest absolute Gasteiger partial charge is 0.469 e. The lowest BCUT2D eigenvalue weighted by Crippen LogP contribution is -2.19. The monoisotopic (exact) mass is 277 g/mol. The van der Waals surface area contributed by atoms with Crippen LogP contribution in [0.2, 0.25) is 0 Å². The van der Waals surface area contributed by atoms with Crippen LogP contribution in [0.3, 0.4) is 0 Å². The number of rotatable bonds is 6. The van der Waals surface area contributed by atoms with Crippen LogP contribution in [0.1, 0.15) is 18.4 Å². The van der Waals surface area contributed by atoms with Crippen molar-refractivity contribution in [3.63, 3.8) is 0 Å². The van der Waals surface area contributed by atoms with Gasteiger partial charge in [0, 0.05) is 31.8 Å². The summed E-state index contributed by atoms with van der Waals surface area (Å²) in [5.74, 6) is -0.288. The van der Waals surface area contributed by atoms with Crippen molar-refractivity contribution in [2.45, 2.75) is 12.8 Å². The molecule has 0 aliphatic carbocycles. The van der Waals surface area contributed by atoms with Gasteiger partial charge in [0.1, 0.15) is 11.6 Å². The number of hydrogen-bond donors (Lipinski definition) is 0. The summed E-state index contributed by atoms with van der Waals surface area (Å²) in [4.78, 5) is 23.1. The summed E-state index contributed by atoms with van der Waals surface area (Å²) in [6, 6.07) is 6.21. The number of carbonyl (C=O) groups excluding carboxylic acids is 1. The first-order chi connectivity index (χ1) is 9.49. The summed E-state index contributed by atoms with van der Waals surface area (Å²) < 4.78 is 4.54. The number of ether oxygens (including phenoxy) is 1. The summed E-state index contributed by atoms with van der Waals surface area (Å²) in [6.07, 6.45) is 0.871. The molecule has 0 saturated carbocycles. The van der Waals surface area contributed by atoms with Gasteiger partial charge in [-0.25, -0.2) is 0 Å². The Morgan fingerprint density at radius 3 is 2.80 bits per heavy atom. The van der Waals surface area contributed by atoms with Gasteiger partial charge in [-0.05, 0) is 18.6 Å². The van der Waals surface area contributed by atoms with Crippen molar-refractivity contribution >= 4 is 17.3 Å². The van der Waals surface area contributed by atoms with Gasteiger partial charge < -0.3 is 9.64 Å². The normalized spacial score (nSPS) is 9.65. The van der Waals surface area contributed by atoms with E-state index in [0.717, 1.165) is 0 Å². The van der Waals surface area contributed by atoms with Crippen LogP contribution in [0.25, 0.3) is 0 Å². The van der Waals surface area contributed by atoms with Crippen molar-refractivity contribution in [1.82, 2.24) is 0 Å². The highest BCUT2D eigenvalue weighted by Gasteiger charge is 2.15. The zero-order chi connectivity index (χ0) is 15.1. The molecule has 0 saturated heterocycles. The van der Waals surface area contributed by atoms with Crippen LogP contribution in [-0.4, -0.2) is 31.6 Å². The van der Waals surface area contributed by atoms with Crippen molar-refractivity contribution in [3.05, 3.63) is 33.9 Å². The van der Waals surface area contributed by atoms with Gasteiger partial charge in [-0.2, -0.15) is 5.26 Å². The second-order valence-electron chi connectivity index (χ2n) is 4.17. The smallest absolute Gasteiger partial charge is 0.305 e. The molecule has 0 aliphatic heterocycles. The van der Waals surface area contributed by atoms with E-state index in [9.17, 15) is 14.9 Å². The Morgan fingerprint density at radius 1 is 1.55 bits per heavy atom. The van der Waals surface area contributed by atoms with Crippen LogP contribution >= 0.6 is 0 Å². The molecule has 0 N–H and O–H groups in total. The first-order valence-corrected chi connectivity index (χ1v) is 5.96. The molecule has 1 rings (SSSR count). The third-order valence-corrected chi connectivity index (χ3v) is 2.84. The third kappa shape index (κ3) is 3.95. The zero-order valence-corrected chi connectivity index (χ0v) is 11.3. The average molecular weight is 277 g/mol.